The average molecular weight is 384 g/mol. The number of aliphatic hydroxyl groups is 1. The number of amidine groups is 1. The minimum atomic E-state index is -0.749. The van der Waals surface area contributed by atoms with Crippen LogP contribution in [0.1, 0.15) is 16.7 Å². The van der Waals surface area contributed by atoms with E-state index in [1.54, 1.807) is 11.9 Å². The molecule has 2 aromatic rings. The summed E-state index contributed by atoms with van der Waals surface area (Å²) >= 11 is 1.66. The smallest absolute Gasteiger partial charge is 0.288 e. The van der Waals surface area contributed by atoms with Crippen molar-refractivity contribution >= 4 is 23.7 Å². The summed E-state index contributed by atoms with van der Waals surface area (Å²) in [5.74, 6) is 0.102. The lowest BCUT2D eigenvalue weighted by Gasteiger charge is -2.42. The second-order valence-corrected chi connectivity index (χ2v) is 7.98. The number of hydrogen-bond donors (Lipinski definition) is 5. The van der Waals surface area contributed by atoms with Crippen LogP contribution >= 0.6 is 11.9 Å². The molecule has 0 bridgehead atoms. The van der Waals surface area contributed by atoms with Gasteiger partial charge in [-0.2, -0.15) is 0 Å². The van der Waals surface area contributed by atoms with Crippen molar-refractivity contribution in [3.63, 3.8) is 0 Å². The minimum absolute atomic E-state index is 0.0685. The van der Waals surface area contributed by atoms with Gasteiger partial charge in [0, 0.05) is 41.7 Å². The number of anilines is 1. The predicted molar refractivity (Wildman–Crippen MR) is 111 cm³/mol. The Morgan fingerprint density at radius 2 is 2.19 bits per heavy atom. The van der Waals surface area contributed by atoms with Crippen LogP contribution in [-0.4, -0.2) is 30.8 Å². The molecule has 0 saturated carbocycles. The van der Waals surface area contributed by atoms with E-state index in [0.29, 0.717) is 13.1 Å². The fourth-order valence-electron chi connectivity index (χ4n) is 3.94. The maximum absolute atomic E-state index is 10.4. The van der Waals surface area contributed by atoms with E-state index in [1.165, 1.54) is 10.5 Å². The SMILES string of the molecule is Cc1ccc2c(c1)C(NCCN)(C1CNSc3ccccc3C1)N=C(O)N2. The van der Waals surface area contributed by atoms with Gasteiger partial charge in [-0.25, -0.2) is 4.99 Å². The average Bonchev–Trinajstić information content (AvgIpc) is 2.89. The quantitative estimate of drug-likeness (QED) is 0.521. The van der Waals surface area contributed by atoms with Gasteiger partial charge in [0.1, 0.15) is 5.66 Å². The van der Waals surface area contributed by atoms with Gasteiger partial charge in [0.15, 0.2) is 0 Å². The maximum atomic E-state index is 10.4. The molecule has 2 aromatic carbocycles. The van der Waals surface area contributed by atoms with Crippen molar-refractivity contribution in [3.8, 4) is 0 Å². The Kier molecular flexibility index (Phi) is 5.10. The molecule has 0 radical (unpaired) electrons. The Morgan fingerprint density at radius 3 is 3.04 bits per heavy atom. The number of aryl methyl sites for hydroxylation is 1. The first-order valence-electron chi connectivity index (χ1n) is 9.22. The molecule has 0 spiro atoms. The second kappa shape index (κ2) is 7.52. The van der Waals surface area contributed by atoms with E-state index in [9.17, 15) is 5.11 Å². The number of aliphatic imine (C=N–C) groups is 1. The molecule has 0 aliphatic carbocycles. The van der Waals surface area contributed by atoms with E-state index < -0.39 is 5.66 Å². The van der Waals surface area contributed by atoms with Gasteiger partial charge in [-0.3, -0.25) is 10.0 Å². The Balaban J connectivity index is 1.83. The molecule has 2 heterocycles. The molecule has 4 rings (SSSR count). The summed E-state index contributed by atoms with van der Waals surface area (Å²) in [5, 5.41) is 17.0. The van der Waals surface area contributed by atoms with Gasteiger partial charge in [-0.1, -0.05) is 35.9 Å². The van der Waals surface area contributed by atoms with E-state index in [4.69, 9.17) is 10.7 Å². The highest BCUT2D eigenvalue weighted by Crippen LogP contribution is 2.42. The molecule has 2 atom stereocenters. The van der Waals surface area contributed by atoms with Gasteiger partial charge in [-0.15, -0.1) is 0 Å². The van der Waals surface area contributed by atoms with Gasteiger partial charge < -0.3 is 16.2 Å². The van der Waals surface area contributed by atoms with E-state index in [2.05, 4.69) is 52.6 Å². The number of hydrogen-bond acceptors (Lipinski definition) is 6. The number of nitrogens with zero attached hydrogens (tertiary/aromatic N) is 1. The molecule has 7 heteroatoms. The van der Waals surface area contributed by atoms with Gasteiger partial charge in [0.05, 0.1) is 0 Å². The first kappa shape index (κ1) is 18.3. The van der Waals surface area contributed by atoms with Crippen LogP contribution in [0.2, 0.25) is 0 Å². The number of nitrogens with two attached hydrogens (primary N) is 1. The molecule has 6 N–H and O–H groups in total. The molecule has 27 heavy (non-hydrogen) atoms. The molecule has 142 valence electrons. The molecule has 0 saturated heterocycles. The van der Waals surface area contributed by atoms with Crippen LogP contribution in [0.5, 0.6) is 0 Å². The molecule has 0 fully saturated rings. The summed E-state index contributed by atoms with van der Waals surface area (Å²) in [6.07, 6.45) is 0.845. The molecule has 2 aliphatic rings. The van der Waals surface area contributed by atoms with Crippen molar-refractivity contribution in [1.82, 2.24) is 10.0 Å². The second-order valence-electron chi connectivity index (χ2n) is 7.05. The highest BCUT2D eigenvalue weighted by atomic mass is 32.2. The summed E-state index contributed by atoms with van der Waals surface area (Å²) in [5.41, 5.74) is 9.43. The largest absolute Gasteiger partial charge is 0.481 e. The van der Waals surface area contributed by atoms with Crippen molar-refractivity contribution in [1.29, 1.82) is 0 Å². The third kappa shape index (κ3) is 3.43. The molecule has 2 aliphatic heterocycles. The van der Waals surface area contributed by atoms with Crippen LogP contribution in [0.4, 0.5) is 5.69 Å². The summed E-state index contributed by atoms with van der Waals surface area (Å²) < 4.78 is 3.49. The molecule has 6 nitrogen and oxygen atoms in total. The lowest BCUT2D eigenvalue weighted by Crippen LogP contribution is -2.54. The maximum Gasteiger partial charge on any atom is 0.288 e. The normalized spacial score (nSPS) is 24.2. The van der Waals surface area contributed by atoms with Crippen LogP contribution in [0.25, 0.3) is 0 Å². The molecule has 0 amide bonds. The van der Waals surface area contributed by atoms with Gasteiger partial charge >= 0.3 is 0 Å². The zero-order valence-electron chi connectivity index (χ0n) is 15.3. The van der Waals surface area contributed by atoms with Gasteiger partial charge in [-0.05, 0) is 43.0 Å². The minimum Gasteiger partial charge on any atom is -0.481 e. The highest BCUT2D eigenvalue weighted by molar-refractivity contribution is 7.97. The number of fused-ring (bicyclic) bond motifs is 2. The van der Waals surface area contributed by atoms with E-state index >= 15 is 0 Å². The fourth-order valence-corrected chi connectivity index (χ4v) is 4.81. The van der Waals surface area contributed by atoms with E-state index in [-0.39, 0.29) is 11.9 Å². The molecular weight excluding hydrogens is 358 g/mol. The standard InChI is InChI=1S/C20H25N5OS/c1-13-6-7-17-16(10-13)20(22-9-8-21,25-19(26)24-17)15-11-14-4-2-3-5-18(14)27-23-12-15/h2-7,10,15,22-23H,8-9,11-12,21H2,1H3,(H2,24,25,26). The van der Waals surface area contributed by atoms with Gasteiger partial charge in [0.25, 0.3) is 6.02 Å². The highest BCUT2D eigenvalue weighted by Gasteiger charge is 2.45. The van der Waals surface area contributed by atoms with Crippen molar-refractivity contribution in [2.45, 2.75) is 23.9 Å². The number of nitrogens with one attached hydrogen (secondary N) is 3. The Morgan fingerprint density at radius 1 is 1.33 bits per heavy atom. The topological polar surface area (TPSA) is 94.7 Å². The fraction of sp³-hybridized carbons (Fsp3) is 0.350. The number of aliphatic hydroxyl groups excluding tert-OH is 1. The van der Waals surface area contributed by atoms with Crippen LogP contribution in [0.3, 0.4) is 0 Å². The molecule has 0 aromatic heterocycles. The Bertz CT molecular complexity index is 871. The van der Waals surface area contributed by atoms with Crippen LogP contribution < -0.4 is 21.1 Å². The van der Waals surface area contributed by atoms with Crippen molar-refractivity contribution in [2.75, 3.05) is 25.0 Å². The monoisotopic (exact) mass is 383 g/mol. The number of benzene rings is 2. The zero-order chi connectivity index (χ0) is 18.9. The molecular formula is C20H25N5OS. The van der Waals surface area contributed by atoms with Crippen molar-refractivity contribution in [3.05, 3.63) is 59.2 Å². The van der Waals surface area contributed by atoms with E-state index in [0.717, 1.165) is 29.8 Å². The summed E-state index contributed by atoms with van der Waals surface area (Å²) in [7, 11) is 0. The first-order valence-corrected chi connectivity index (χ1v) is 10.0. The lowest BCUT2D eigenvalue weighted by atomic mass is 9.80. The van der Waals surface area contributed by atoms with Crippen LogP contribution in [0, 0.1) is 12.8 Å². The number of rotatable bonds is 4. The van der Waals surface area contributed by atoms with Crippen molar-refractivity contribution in [2.24, 2.45) is 16.6 Å². The zero-order valence-corrected chi connectivity index (χ0v) is 16.1. The summed E-state index contributed by atoms with van der Waals surface area (Å²) in [4.78, 5) is 5.95. The van der Waals surface area contributed by atoms with E-state index in [1.807, 2.05) is 12.1 Å². The van der Waals surface area contributed by atoms with Crippen LogP contribution in [0.15, 0.2) is 52.4 Å². The third-order valence-corrected chi connectivity index (χ3v) is 6.12. The van der Waals surface area contributed by atoms with Crippen molar-refractivity contribution < 1.29 is 5.11 Å². The lowest BCUT2D eigenvalue weighted by molar-refractivity contribution is 0.215. The molecule has 2 unspecified atom stereocenters. The summed E-state index contributed by atoms with van der Waals surface area (Å²) in [6, 6.07) is 14.5. The third-order valence-electron chi connectivity index (χ3n) is 5.19. The van der Waals surface area contributed by atoms with Crippen LogP contribution in [-0.2, 0) is 12.1 Å². The van der Waals surface area contributed by atoms with Gasteiger partial charge in [0.2, 0.25) is 0 Å². The Labute approximate surface area is 163 Å². The Hall–Kier alpha value is -2.06. The predicted octanol–water partition coefficient (Wildman–Crippen LogP) is 2.50. The summed E-state index contributed by atoms with van der Waals surface area (Å²) in [6.45, 7) is 3.93. The first-order chi connectivity index (χ1) is 13.1.